The first kappa shape index (κ1) is 59.9. The van der Waals surface area contributed by atoms with Crippen molar-refractivity contribution in [1.82, 2.24) is 0 Å². The molecule has 0 fully saturated rings. The highest BCUT2D eigenvalue weighted by atomic mass is 16.6. The Bertz CT molecular complexity index is 1000. The van der Waals surface area contributed by atoms with E-state index in [1.54, 1.807) is 0 Å². The molecule has 0 spiro atoms. The summed E-state index contributed by atoms with van der Waals surface area (Å²) in [4.78, 5) is 38.0. The summed E-state index contributed by atoms with van der Waals surface area (Å²) < 4.78 is 16.8. The van der Waals surface area contributed by atoms with E-state index in [4.69, 9.17) is 14.2 Å². The maximum Gasteiger partial charge on any atom is 0.306 e. The van der Waals surface area contributed by atoms with Crippen molar-refractivity contribution in [3.63, 3.8) is 0 Å². The van der Waals surface area contributed by atoms with Crippen LogP contribution in [-0.4, -0.2) is 37.2 Å². The molecule has 0 aliphatic carbocycles. The van der Waals surface area contributed by atoms with E-state index in [1.807, 2.05) is 0 Å². The van der Waals surface area contributed by atoms with Gasteiger partial charge in [0.15, 0.2) is 6.10 Å². The summed E-state index contributed by atoms with van der Waals surface area (Å²) in [7, 11) is 0. The van der Waals surface area contributed by atoms with Gasteiger partial charge < -0.3 is 14.2 Å². The third-order valence-corrected chi connectivity index (χ3v) is 12.2. The Morgan fingerprint density at radius 1 is 0.323 bits per heavy atom. The summed E-state index contributed by atoms with van der Waals surface area (Å²) in [6, 6.07) is 0. The molecule has 0 aromatic rings. The number of allylic oxidation sites excluding steroid dienone is 4. The molecule has 0 N–H and O–H groups in total. The highest BCUT2D eigenvalue weighted by Crippen LogP contribution is 2.16. The fourth-order valence-electron chi connectivity index (χ4n) is 8.06. The minimum atomic E-state index is -0.771. The van der Waals surface area contributed by atoms with E-state index < -0.39 is 6.10 Å². The Balaban J connectivity index is 4.35. The number of hydrogen-bond donors (Lipinski definition) is 0. The van der Waals surface area contributed by atoms with Gasteiger partial charge in [-0.2, -0.15) is 0 Å². The van der Waals surface area contributed by atoms with E-state index in [0.29, 0.717) is 19.3 Å². The third kappa shape index (κ3) is 48.9. The van der Waals surface area contributed by atoms with Gasteiger partial charge in [-0.25, -0.2) is 0 Å². The van der Waals surface area contributed by atoms with Crippen LogP contribution in [0.25, 0.3) is 0 Å². The van der Waals surface area contributed by atoms with Crippen LogP contribution < -0.4 is 0 Å². The molecular weight excluding hydrogens is 769 g/mol. The second-order valence-corrected chi connectivity index (χ2v) is 18.5. The minimum Gasteiger partial charge on any atom is -0.462 e. The lowest BCUT2D eigenvalue weighted by Gasteiger charge is -2.18. The van der Waals surface area contributed by atoms with Gasteiger partial charge in [0.2, 0.25) is 0 Å². The van der Waals surface area contributed by atoms with Crippen LogP contribution in [-0.2, 0) is 28.6 Å². The molecule has 0 saturated heterocycles. The van der Waals surface area contributed by atoms with Gasteiger partial charge in [0.1, 0.15) is 13.2 Å². The van der Waals surface area contributed by atoms with Gasteiger partial charge in [-0.05, 0) is 51.4 Å². The fourth-order valence-corrected chi connectivity index (χ4v) is 8.06. The van der Waals surface area contributed by atoms with Crippen LogP contribution in [0.5, 0.6) is 0 Å². The standard InChI is InChI=1S/C56H104O6/c1-4-7-10-13-16-19-22-25-27-29-31-34-37-40-43-46-49-55(58)61-52-53(51-60-54(57)48-45-42-39-36-33-30-24-21-18-15-12-9-6-3)62-56(59)50-47-44-41-38-35-32-28-26-23-20-17-14-11-8-5-2/h19,22,27,29,53H,4-18,20-21,23-26,28,30-52H2,1-3H3/b22-19-,29-27-. The second-order valence-electron chi connectivity index (χ2n) is 18.5. The van der Waals surface area contributed by atoms with Crippen LogP contribution >= 0.6 is 0 Å². The van der Waals surface area contributed by atoms with Crippen molar-refractivity contribution in [2.45, 2.75) is 303 Å². The Morgan fingerprint density at radius 3 is 0.903 bits per heavy atom. The van der Waals surface area contributed by atoms with Gasteiger partial charge in [-0.15, -0.1) is 0 Å². The minimum absolute atomic E-state index is 0.0705. The molecule has 0 aliphatic rings. The van der Waals surface area contributed by atoms with E-state index in [2.05, 4.69) is 45.1 Å². The Hall–Kier alpha value is -2.11. The highest BCUT2D eigenvalue weighted by Gasteiger charge is 2.19. The molecule has 6 nitrogen and oxygen atoms in total. The molecule has 0 aliphatic heterocycles. The van der Waals surface area contributed by atoms with Gasteiger partial charge in [0.05, 0.1) is 0 Å². The van der Waals surface area contributed by atoms with Gasteiger partial charge in [0.25, 0.3) is 0 Å². The number of ether oxygens (including phenoxy) is 3. The smallest absolute Gasteiger partial charge is 0.306 e. The molecule has 0 rings (SSSR count). The quantitative estimate of drug-likeness (QED) is 0.0262. The largest absolute Gasteiger partial charge is 0.462 e. The predicted molar refractivity (Wildman–Crippen MR) is 266 cm³/mol. The Labute approximate surface area is 385 Å². The molecule has 0 radical (unpaired) electrons. The predicted octanol–water partition coefficient (Wildman–Crippen LogP) is 17.9. The maximum atomic E-state index is 12.8. The van der Waals surface area contributed by atoms with E-state index in [-0.39, 0.29) is 31.1 Å². The maximum absolute atomic E-state index is 12.8. The summed E-state index contributed by atoms with van der Waals surface area (Å²) in [5.74, 6) is -0.867. The van der Waals surface area contributed by atoms with Crippen LogP contribution in [0.3, 0.4) is 0 Å². The zero-order valence-electron chi connectivity index (χ0n) is 41.7. The first-order chi connectivity index (χ1) is 30.5. The molecule has 1 unspecified atom stereocenters. The normalized spacial score (nSPS) is 12.1. The number of carbonyl (C=O) groups excluding carboxylic acids is 3. The molecule has 6 heteroatoms. The van der Waals surface area contributed by atoms with Crippen LogP contribution in [0.2, 0.25) is 0 Å². The van der Waals surface area contributed by atoms with Crippen molar-refractivity contribution in [1.29, 1.82) is 0 Å². The average molecular weight is 873 g/mol. The molecule has 0 aromatic heterocycles. The van der Waals surface area contributed by atoms with E-state index in [9.17, 15) is 14.4 Å². The number of unbranched alkanes of at least 4 members (excludes halogenated alkanes) is 35. The number of hydrogen-bond acceptors (Lipinski definition) is 6. The van der Waals surface area contributed by atoms with Crippen LogP contribution in [0.15, 0.2) is 24.3 Å². The van der Waals surface area contributed by atoms with Gasteiger partial charge in [-0.1, -0.05) is 251 Å². The van der Waals surface area contributed by atoms with Crippen LogP contribution in [0.4, 0.5) is 0 Å². The first-order valence-corrected chi connectivity index (χ1v) is 27.3. The molecule has 0 amide bonds. The third-order valence-electron chi connectivity index (χ3n) is 12.2. The number of carbonyl (C=O) groups is 3. The average Bonchev–Trinajstić information content (AvgIpc) is 3.27. The molecule has 364 valence electrons. The van der Waals surface area contributed by atoms with Gasteiger partial charge in [0, 0.05) is 19.3 Å². The fraction of sp³-hybridized carbons (Fsp3) is 0.875. The zero-order chi connectivity index (χ0) is 45.1. The molecule has 1 atom stereocenters. The van der Waals surface area contributed by atoms with E-state index in [1.165, 1.54) is 180 Å². The lowest BCUT2D eigenvalue weighted by molar-refractivity contribution is -0.167. The summed E-state index contributed by atoms with van der Waals surface area (Å²) in [6.45, 7) is 6.65. The molecule has 0 saturated carbocycles. The summed E-state index contributed by atoms with van der Waals surface area (Å²) in [6.07, 6.45) is 58.7. The first-order valence-electron chi connectivity index (χ1n) is 27.3. The SMILES string of the molecule is CCCCCC/C=C\C/C=C\CCCCCCCC(=O)OCC(COC(=O)CCCCCCCCCCCCCCC)OC(=O)CCCCCCCCCCCCCCCCC. The molecule has 0 bridgehead atoms. The molecule has 62 heavy (non-hydrogen) atoms. The summed E-state index contributed by atoms with van der Waals surface area (Å²) in [5, 5.41) is 0. The lowest BCUT2D eigenvalue weighted by atomic mass is 10.0. The zero-order valence-corrected chi connectivity index (χ0v) is 41.7. The lowest BCUT2D eigenvalue weighted by Crippen LogP contribution is -2.30. The number of rotatable bonds is 50. The molecular formula is C56H104O6. The van der Waals surface area contributed by atoms with Gasteiger partial charge in [-0.3, -0.25) is 14.4 Å². The molecule has 0 aromatic carbocycles. The van der Waals surface area contributed by atoms with Crippen molar-refractivity contribution in [3.05, 3.63) is 24.3 Å². The highest BCUT2D eigenvalue weighted by molar-refractivity contribution is 5.71. The van der Waals surface area contributed by atoms with E-state index in [0.717, 1.165) is 77.0 Å². The van der Waals surface area contributed by atoms with Crippen molar-refractivity contribution in [3.8, 4) is 0 Å². The van der Waals surface area contributed by atoms with Crippen molar-refractivity contribution >= 4 is 17.9 Å². The van der Waals surface area contributed by atoms with Crippen LogP contribution in [0.1, 0.15) is 297 Å². The summed E-state index contributed by atoms with van der Waals surface area (Å²) in [5.41, 5.74) is 0. The Kier molecular flexibility index (Phi) is 49.8. The van der Waals surface area contributed by atoms with Crippen molar-refractivity contribution < 1.29 is 28.6 Å². The topological polar surface area (TPSA) is 78.9 Å². The second kappa shape index (κ2) is 51.5. The van der Waals surface area contributed by atoms with Crippen molar-refractivity contribution in [2.24, 2.45) is 0 Å². The summed E-state index contributed by atoms with van der Waals surface area (Å²) >= 11 is 0. The van der Waals surface area contributed by atoms with Gasteiger partial charge >= 0.3 is 17.9 Å². The van der Waals surface area contributed by atoms with E-state index >= 15 is 0 Å². The van der Waals surface area contributed by atoms with Crippen LogP contribution in [0, 0.1) is 0 Å². The Morgan fingerprint density at radius 2 is 0.581 bits per heavy atom. The monoisotopic (exact) mass is 873 g/mol. The van der Waals surface area contributed by atoms with Crippen molar-refractivity contribution in [2.75, 3.05) is 13.2 Å². The molecule has 0 heterocycles. The number of esters is 3.